The van der Waals surface area contributed by atoms with Crippen LogP contribution in [0.1, 0.15) is 40.6 Å². The van der Waals surface area contributed by atoms with Crippen LogP contribution in [0, 0.1) is 0 Å². The fourth-order valence-electron chi connectivity index (χ4n) is 1.06. The highest BCUT2D eigenvalue weighted by atomic mass is 19.4. The molecule has 1 heterocycles. The molecule has 0 aliphatic heterocycles. The molecule has 1 N–H and O–H groups in total. The Balaban J connectivity index is 0. The Kier molecular flexibility index (Phi) is 7.34. The number of hydrogen-bond donors (Lipinski definition) is 1. The number of nitrogens with one attached hydrogen (secondary N) is 1. The van der Waals surface area contributed by atoms with E-state index >= 15 is 0 Å². The minimum atomic E-state index is -4.31. The van der Waals surface area contributed by atoms with Gasteiger partial charge in [-0.1, -0.05) is 27.2 Å². The molecule has 0 fully saturated rings. The van der Waals surface area contributed by atoms with E-state index in [1.54, 1.807) is 0 Å². The molecule has 0 aliphatic rings. The van der Waals surface area contributed by atoms with Gasteiger partial charge < -0.3 is 5.32 Å². The smallest absolute Gasteiger partial charge is 0.370 e. The third-order valence-electron chi connectivity index (χ3n) is 1.93. The SMILES string of the molecule is CC.CCCCNc1ccc(C(F)(F)F)cn1.[HH]. The van der Waals surface area contributed by atoms with Crippen molar-refractivity contribution in [2.24, 2.45) is 0 Å². The second-order valence-corrected chi connectivity index (χ2v) is 3.21. The molecule has 100 valence electrons. The molecule has 0 saturated heterocycles. The number of alkyl halides is 3. The first-order valence-corrected chi connectivity index (χ1v) is 5.81. The van der Waals surface area contributed by atoms with Crippen LogP contribution in [0.15, 0.2) is 18.3 Å². The van der Waals surface area contributed by atoms with E-state index in [0.29, 0.717) is 5.82 Å². The molecule has 0 radical (unpaired) electrons. The second-order valence-electron chi connectivity index (χ2n) is 3.21. The van der Waals surface area contributed by atoms with Gasteiger partial charge in [0, 0.05) is 14.2 Å². The quantitative estimate of drug-likeness (QED) is 0.791. The normalized spacial score (nSPS) is 10.5. The Morgan fingerprint density at radius 1 is 1.29 bits per heavy atom. The van der Waals surface area contributed by atoms with Gasteiger partial charge in [-0.15, -0.1) is 0 Å². The van der Waals surface area contributed by atoms with Gasteiger partial charge in [0.25, 0.3) is 0 Å². The number of aromatic nitrogens is 1. The summed E-state index contributed by atoms with van der Waals surface area (Å²) in [4.78, 5) is 3.69. The van der Waals surface area contributed by atoms with Gasteiger partial charge in [-0.2, -0.15) is 13.2 Å². The van der Waals surface area contributed by atoms with Gasteiger partial charge in [-0.05, 0) is 18.6 Å². The first-order valence-electron chi connectivity index (χ1n) is 5.81. The zero-order valence-corrected chi connectivity index (χ0v) is 10.4. The van der Waals surface area contributed by atoms with E-state index in [2.05, 4.69) is 10.3 Å². The number of anilines is 1. The summed E-state index contributed by atoms with van der Waals surface area (Å²) in [6.07, 6.45) is -1.46. The van der Waals surface area contributed by atoms with E-state index in [-0.39, 0.29) is 1.43 Å². The van der Waals surface area contributed by atoms with Crippen molar-refractivity contribution < 1.29 is 14.6 Å². The second kappa shape index (κ2) is 7.92. The van der Waals surface area contributed by atoms with E-state index in [4.69, 9.17) is 0 Å². The van der Waals surface area contributed by atoms with Crippen LogP contribution in [0.25, 0.3) is 0 Å². The van der Waals surface area contributed by atoms with Crippen LogP contribution in [-0.4, -0.2) is 11.5 Å². The van der Waals surface area contributed by atoms with E-state index in [9.17, 15) is 13.2 Å². The van der Waals surface area contributed by atoms with Gasteiger partial charge >= 0.3 is 6.18 Å². The standard InChI is InChI=1S/C10H13F3N2.C2H6.H2/c1-2-3-6-14-9-5-4-8(7-15-9)10(11,12)13;1-2;/h4-5,7H,2-3,6H2,1H3,(H,14,15);1-2H3;1H. The largest absolute Gasteiger partial charge is 0.417 e. The Morgan fingerprint density at radius 3 is 2.35 bits per heavy atom. The number of pyridine rings is 1. The summed E-state index contributed by atoms with van der Waals surface area (Å²) in [6, 6.07) is 2.37. The fourth-order valence-corrected chi connectivity index (χ4v) is 1.06. The molecule has 2 nitrogen and oxygen atoms in total. The molecule has 0 unspecified atom stereocenters. The zero-order chi connectivity index (χ0) is 13.3. The summed E-state index contributed by atoms with van der Waals surface area (Å²) < 4.78 is 36.5. The molecule has 17 heavy (non-hydrogen) atoms. The van der Waals surface area contributed by atoms with Gasteiger partial charge in [-0.25, -0.2) is 4.98 Å². The van der Waals surface area contributed by atoms with Crippen molar-refractivity contribution in [1.29, 1.82) is 0 Å². The van der Waals surface area contributed by atoms with Gasteiger partial charge in [0.15, 0.2) is 0 Å². The van der Waals surface area contributed by atoms with Crippen molar-refractivity contribution in [3.63, 3.8) is 0 Å². The average molecular weight is 250 g/mol. The Labute approximate surface area is 102 Å². The Bertz CT molecular complexity index is 299. The van der Waals surface area contributed by atoms with Gasteiger partial charge in [0.2, 0.25) is 0 Å². The minimum Gasteiger partial charge on any atom is -0.370 e. The summed E-state index contributed by atoms with van der Waals surface area (Å²) >= 11 is 0. The van der Waals surface area contributed by atoms with Crippen molar-refractivity contribution in [1.82, 2.24) is 4.98 Å². The van der Waals surface area contributed by atoms with Crippen molar-refractivity contribution in [2.45, 2.75) is 39.8 Å². The molecule has 0 aliphatic carbocycles. The molecular formula is C12H21F3N2. The molecule has 0 amide bonds. The van der Waals surface area contributed by atoms with Crippen molar-refractivity contribution in [3.05, 3.63) is 23.9 Å². The van der Waals surface area contributed by atoms with Crippen LogP contribution in [-0.2, 0) is 6.18 Å². The van der Waals surface area contributed by atoms with E-state index in [0.717, 1.165) is 31.6 Å². The number of hydrogen-bond acceptors (Lipinski definition) is 2. The lowest BCUT2D eigenvalue weighted by molar-refractivity contribution is -0.137. The van der Waals surface area contributed by atoms with Gasteiger partial charge in [-0.3, -0.25) is 0 Å². The molecule has 1 aromatic rings. The lowest BCUT2D eigenvalue weighted by Crippen LogP contribution is -2.07. The monoisotopic (exact) mass is 250 g/mol. The van der Waals surface area contributed by atoms with E-state index in [1.165, 1.54) is 6.07 Å². The molecule has 0 atom stereocenters. The summed E-state index contributed by atoms with van der Waals surface area (Å²) in [7, 11) is 0. The predicted molar refractivity (Wildman–Crippen MR) is 66.1 cm³/mol. The van der Waals surface area contributed by atoms with E-state index < -0.39 is 11.7 Å². The molecule has 0 saturated carbocycles. The molecule has 0 aromatic carbocycles. The van der Waals surface area contributed by atoms with Crippen LogP contribution in [0.3, 0.4) is 0 Å². The maximum atomic E-state index is 12.2. The Morgan fingerprint density at radius 2 is 1.94 bits per heavy atom. The molecule has 1 aromatic heterocycles. The highest BCUT2D eigenvalue weighted by molar-refractivity contribution is 5.35. The average Bonchev–Trinajstić information content (AvgIpc) is 2.32. The van der Waals surface area contributed by atoms with Crippen LogP contribution in [0.4, 0.5) is 19.0 Å². The summed E-state index contributed by atoms with van der Waals surface area (Å²) in [5, 5.41) is 2.95. The first kappa shape index (κ1) is 15.7. The maximum Gasteiger partial charge on any atom is 0.417 e. The van der Waals surface area contributed by atoms with Gasteiger partial charge in [0.05, 0.1) is 5.56 Å². The predicted octanol–water partition coefficient (Wildman–Crippen LogP) is 4.58. The minimum absolute atomic E-state index is 0. The first-order chi connectivity index (χ1) is 8.04. The van der Waals surface area contributed by atoms with Crippen molar-refractivity contribution in [3.8, 4) is 0 Å². The highest BCUT2D eigenvalue weighted by Gasteiger charge is 2.30. The Hall–Kier alpha value is -1.26. The van der Waals surface area contributed by atoms with Crippen molar-refractivity contribution in [2.75, 3.05) is 11.9 Å². The maximum absolute atomic E-state index is 12.2. The third-order valence-corrected chi connectivity index (χ3v) is 1.93. The highest BCUT2D eigenvalue weighted by Crippen LogP contribution is 2.28. The van der Waals surface area contributed by atoms with E-state index in [1.807, 2.05) is 20.8 Å². The van der Waals surface area contributed by atoms with Crippen LogP contribution < -0.4 is 5.32 Å². The van der Waals surface area contributed by atoms with Crippen LogP contribution in [0.2, 0.25) is 0 Å². The summed E-state index contributed by atoms with van der Waals surface area (Å²) in [6.45, 7) is 6.77. The van der Waals surface area contributed by atoms with Gasteiger partial charge in [0.1, 0.15) is 5.82 Å². The third kappa shape index (κ3) is 6.14. The zero-order valence-electron chi connectivity index (χ0n) is 10.4. The number of unbranched alkanes of at least 4 members (excludes halogenated alkanes) is 1. The summed E-state index contributed by atoms with van der Waals surface area (Å²) in [5.74, 6) is 0.483. The number of rotatable bonds is 4. The number of halogens is 3. The van der Waals surface area contributed by atoms with Crippen molar-refractivity contribution >= 4 is 5.82 Å². The molecule has 0 bridgehead atoms. The molecule has 5 heteroatoms. The lowest BCUT2D eigenvalue weighted by Gasteiger charge is -2.07. The van der Waals surface area contributed by atoms with Crippen LogP contribution in [0.5, 0.6) is 0 Å². The molecule has 1 rings (SSSR count). The van der Waals surface area contributed by atoms with Crippen LogP contribution >= 0.6 is 0 Å². The molecular weight excluding hydrogens is 229 g/mol. The molecule has 0 spiro atoms. The fraction of sp³-hybridized carbons (Fsp3) is 0.583. The number of nitrogens with zero attached hydrogens (tertiary/aromatic N) is 1. The summed E-state index contributed by atoms with van der Waals surface area (Å²) in [5.41, 5.74) is -0.719. The topological polar surface area (TPSA) is 24.9 Å². The lowest BCUT2D eigenvalue weighted by atomic mass is 10.3.